The fraction of sp³-hybridized carbons (Fsp3) is 0.111. The van der Waals surface area contributed by atoms with Crippen LogP contribution >= 0.6 is 0 Å². The van der Waals surface area contributed by atoms with Crippen molar-refractivity contribution < 1.29 is 13.4 Å². The van der Waals surface area contributed by atoms with Gasteiger partial charge in [0, 0.05) is 28.0 Å². The molecule has 2 heterocycles. The number of aryl methyl sites for hydroxylation is 3. The second-order valence-electron chi connectivity index (χ2n) is 7.85. The first kappa shape index (κ1) is 19.0. The first-order chi connectivity index (χ1) is 15.0. The number of fused-ring (bicyclic) bond motifs is 3. The predicted molar refractivity (Wildman–Crippen MR) is 121 cm³/mol. The monoisotopic (exact) mass is 407 g/mol. The molecule has 0 fully saturated rings. The molecule has 0 unspecified atom stereocenters. The summed E-state index contributed by atoms with van der Waals surface area (Å²) in [7, 11) is 1.91. The van der Waals surface area contributed by atoms with E-state index in [0.717, 1.165) is 38.7 Å². The molecule has 5 rings (SSSR count). The first-order valence-electron chi connectivity index (χ1n) is 10.1. The van der Waals surface area contributed by atoms with Gasteiger partial charge in [0.25, 0.3) is 0 Å². The smallest absolute Gasteiger partial charge is 0.219 e. The number of benzene rings is 3. The molecule has 0 aliphatic heterocycles. The maximum Gasteiger partial charge on any atom is 0.219 e. The van der Waals surface area contributed by atoms with E-state index in [0.29, 0.717) is 22.4 Å². The number of hydrogen-bond acceptors (Lipinski definition) is 1. The second kappa shape index (κ2) is 7.07. The van der Waals surface area contributed by atoms with Crippen molar-refractivity contribution in [2.45, 2.75) is 13.8 Å². The quantitative estimate of drug-likeness (QED) is 0.227. The summed E-state index contributed by atoms with van der Waals surface area (Å²) in [5.41, 5.74) is 6.84. The van der Waals surface area contributed by atoms with Gasteiger partial charge in [-0.2, -0.15) is 0 Å². The highest BCUT2D eigenvalue weighted by Crippen LogP contribution is 2.44. The molecule has 3 nitrogen and oxygen atoms in total. The molecule has 0 spiro atoms. The van der Waals surface area contributed by atoms with Gasteiger partial charge in [0.1, 0.15) is 24.0 Å². The Bertz CT molecular complexity index is 1530. The minimum atomic E-state index is -0.249. The maximum absolute atomic E-state index is 14.5. The number of pyridine rings is 1. The maximum atomic E-state index is 14.5. The topological polar surface area (TPSA) is 21.4 Å². The number of rotatable bonds is 2. The normalized spacial score (nSPS) is 11.2. The molecule has 0 N–H and O–H groups in total. The highest BCUT2D eigenvalue weighted by molar-refractivity contribution is 6.15. The molecule has 150 valence electrons. The fourth-order valence-corrected chi connectivity index (χ4v) is 4.29. The highest BCUT2D eigenvalue weighted by Gasteiger charge is 2.24. The lowest BCUT2D eigenvalue weighted by atomic mass is 9.98. The van der Waals surface area contributed by atoms with Crippen LogP contribution in [-0.4, -0.2) is 0 Å². The van der Waals surface area contributed by atoms with Crippen LogP contribution in [0.2, 0.25) is 0 Å². The average Bonchev–Trinajstić information content (AvgIpc) is 3.15. The van der Waals surface area contributed by atoms with Gasteiger partial charge in [-0.1, -0.05) is 54.6 Å². The van der Waals surface area contributed by atoms with E-state index in [1.54, 1.807) is 19.2 Å². The van der Waals surface area contributed by atoms with E-state index < -0.39 is 0 Å². The number of halogens is 1. The summed E-state index contributed by atoms with van der Waals surface area (Å²) in [6, 6.07) is 19.3. The number of furan rings is 1. The Kier molecular flexibility index (Phi) is 4.34. The Morgan fingerprint density at radius 3 is 2.26 bits per heavy atom. The average molecular weight is 407 g/mol. The Morgan fingerprint density at radius 1 is 0.871 bits per heavy atom. The van der Waals surface area contributed by atoms with E-state index >= 15 is 0 Å². The lowest BCUT2D eigenvalue weighted by molar-refractivity contribution is -0.661. The molecule has 0 aliphatic rings. The number of aromatic nitrogens is 1. The number of hydrogen-bond donors (Lipinski definition) is 0. The first-order valence-corrected chi connectivity index (χ1v) is 10.1. The predicted octanol–water partition coefficient (Wildman–Crippen LogP) is 7.05. The van der Waals surface area contributed by atoms with Crippen LogP contribution in [0.25, 0.3) is 49.2 Å². The Balaban J connectivity index is 1.92. The molecule has 0 aliphatic carbocycles. The van der Waals surface area contributed by atoms with E-state index in [-0.39, 0.29) is 5.82 Å². The molecule has 2 aromatic heterocycles. The van der Waals surface area contributed by atoms with Crippen molar-refractivity contribution in [3.8, 4) is 22.4 Å². The van der Waals surface area contributed by atoms with E-state index in [4.69, 9.17) is 11.0 Å². The molecule has 3 aromatic carbocycles. The van der Waals surface area contributed by atoms with Gasteiger partial charge in [0.05, 0.1) is 12.1 Å². The van der Waals surface area contributed by atoms with Crippen molar-refractivity contribution in [3.63, 3.8) is 0 Å². The summed E-state index contributed by atoms with van der Waals surface area (Å²) in [4.78, 5) is 3.74. The zero-order valence-electron chi connectivity index (χ0n) is 17.5. The van der Waals surface area contributed by atoms with E-state index in [2.05, 4.69) is 4.85 Å². The fourth-order valence-electron chi connectivity index (χ4n) is 4.29. The summed E-state index contributed by atoms with van der Waals surface area (Å²) >= 11 is 0. The van der Waals surface area contributed by atoms with Gasteiger partial charge in [-0.15, -0.1) is 0 Å². The van der Waals surface area contributed by atoms with Gasteiger partial charge in [-0.3, -0.25) is 0 Å². The summed E-state index contributed by atoms with van der Waals surface area (Å²) in [5, 5.41) is 1.89. The molecular formula is C27H20FN2O+. The molecule has 0 atom stereocenters. The van der Waals surface area contributed by atoms with Crippen molar-refractivity contribution in [3.05, 3.63) is 95.2 Å². The Labute approximate surface area is 179 Å². The molecule has 0 bridgehead atoms. The largest absolute Gasteiger partial charge is 0.456 e. The van der Waals surface area contributed by atoms with Gasteiger partial charge in [0.15, 0.2) is 11.9 Å². The van der Waals surface area contributed by atoms with Crippen LogP contribution in [0.4, 0.5) is 10.1 Å². The van der Waals surface area contributed by atoms with Crippen LogP contribution in [-0.2, 0) is 7.05 Å². The molecule has 0 saturated heterocycles. The van der Waals surface area contributed by atoms with Crippen molar-refractivity contribution >= 4 is 27.6 Å². The Morgan fingerprint density at radius 2 is 1.55 bits per heavy atom. The number of nitrogens with zero attached hydrogens (tertiary/aromatic N) is 2. The third-order valence-corrected chi connectivity index (χ3v) is 5.84. The second-order valence-corrected chi connectivity index (χ2v) is 7.85. The molecule has 0 saturated carbocycles. The SMILES string of the molecule is [C-]#[N+]c1ccc2c(oc3c(-c4cc(F)c(C)c[n+]4C)c(C)ccc32)c1-c1ccccc1. The third kappa shape index (κ3) is 2.90. The van der Waals surface area contributed by atoms with Crippen molar-refractivity contribution in [2.75, 3.05) is 0 Å². The molecule has 0 radical (unpaired) electrons. The summed E-state index contributed by atoms with van der Waals surface area (Å²) < 4.78 is 22.9. The summed E-state index contributed by atoms with van der Waals surface area (Å²) in [6.07, 6.45) is 1.79. The van der Waals surface area contributed by atoms with Crippen LogP contribution in [0.15, 0.2) is 71.3 Å². The highest BCUT2D eigenvalue weighted by atomic mass is 19.1. The molecular weight excluding hydrogens is 387 g/mol. The van der Waals surface area contributed by atoms with E-state index in [1.807, 2.05) is 73.1 Å². The molecule has 5 aromatic rings. The third-order valence-electron chi connectivity index (χ3n) is 5.84. The van der Waals surface area contributed by atoms with Crippen LogP contribution in [0.5, 0.6) is 0 Å². The zero-order chi connectivity index (χ0) is 21.7. The zero-order valence-corrected chi connectivity index (χ0v) is 17.5. The lowest BCUT2D eigenvalue weighted by Gasteiger charge is -2.06. The minimum absolute atomic E-state index is 0.249. The standard InChI is InChI=1S/C27H20FN2O/c1-16-10-11-19-20-12-13-22(29-3)25(18-8-6-5-7-9-18)27(20)31-26(19)24(16)23-14-21(28)17(2)15-30(23)4/h5-15H,1-2,4H3/q+1. The van der Waals surface area contributed by atoms with Crippen molar-refractivity contribution in [2.24, 2.45) is 7.05 Å². The van der Waals surface area contributed by atoms with Crippen LogP contribution < -0.4 is 4.57 Å². The van der Waals surface area contributed by atoms with Gasteiger partial charge in [-0.25, -0.2) is 13.8 Å². The van der Waals surface area contributed by atoms with Gasteiger partial charge in [-0.05, 0) is 25.0 Å². The van der Waals surface area contributed by atoms with Crippen LogP contribution in [0.3, 0.4) is 0 Å². The molecule has 4 heteroatoms. The van der Waals surface area contributed by atoms with E-state index in [1.165, 1.54) is 0 Å². The summed E-state index contributed by atoms with van der Waals surface area (Å²) in [6.45, 7) is 11.4. The van der Waals surface area contributed by atoms with Crippen molar-refractivity contribution in [1.29, 1.82) is 0 Å². The van der Waals surface area contributed by atoms with E-state index in [9.17, 15) is 4.39 Å². The molecule has 31 heavy (non-hydrogen) atoms. The van der Waals surface area contributed by atoms with Crippen molar-refractivity contribution in [1.82, 2.24) is 0 Å². The lowest BCUT2D eigenvalue weighted by Crippen LogP contribution is -2.31. The summed E-state index contributed by atoms with van der Waals surface area (Å²) in [5.74, 6) is -0.249. The Hall–Kier alpha value is -3.97. The van der Waals surface area contributed by atoms with Gasteiger partial charge >= 0.3 is 0 Å². The van der Waals surface area contributed by atoms with Crippen LogP contribution in [0, 0.1) is 26.2 Å². The van der Waals surface area contributed by atoms with Gasteiger partial charge < -0.3 is 4.42 Å². The minimum Gasteiger partial charge on any atom is -0.456 e. The van der Waals surface area contributed by atoms with Gasteiger partial charge in [0.2, 0.25) is 5.69 Å². The molecule has 0 amide bonds. The van der Waals surface area contributed by atoms with Crippen LogP contribution in [0.1, 0.15) is 11.1 Å².